The molecule has 0 bridgehead atoms. The summed E-state index contributed by atoms with van der Waals surface area (Å²) in [7, 11) is -2.31. The van der Waals surface area contributed by atoms with Crippen LogP contribution in [-0.2, 0) is 21.4 Å². The van der Waals surface area contributed by atoms with Crippen molar-refractivity contribution in [2.45, 2.75) is 30.3 Å². The molecular weight excluding hydrogens is 444 g/mol. The summed E-state index contributed by atoms with van der Waals surface area (Å²) in [5.74, 6) is 0.00716. The van der Waals surface area contributed by atoms with Crippen molar-refractivity contribution in [3.8, 4) is 11.5 Å². The molecule has 1 aromatic heterocycles. The number of benzene rings is 2. The van der Waals surface area contributed by atoms with Gasteiger partial charge in [-0.05, 0) is 72.1 Å². The van der Waals surface area contributed by atoms with Crippen LogP contribution in [0.2, 0.25) is 0 Å². The van der Waals surface area contributed by atoms with Crippen molar-refractivity contribution >= 4 is 21.7 Å². The number of anilines is 1. The Morgan fingerprint density at radius 1 is 1.09 bits per heavy atom. The van der Waals surface area contributed by atoms with Gasteiger partial charge >= 0.3 is 5.97 Å². The number of carbonyl (C=O) groups is 1. The van der Waals surface area contributed by atoms with Crippen LogP contribution in [0.1, 0.15) is 29.9 Å². The van der Waals surface area contributed by atoms with Gasteiger partial charge in [0.05, 0.1) is 17.7 Å². The lowest BCUT2D eigenvalue weighted by atomic mass is 9.96. The van der Waals surface area contributed by atoms with Gasteiger partial charge in [-0.25, -0.2) is 8.42 Å². The fourth-order valence-electron chi connectivity index (χ4n) is 3.86. The third kappa shape index (κ3) is 4.93. The smallest absolute Gasteiger partial charge is 0.303 e. The molecule has 1 atom stereocenters. The SMILES string of the molecule is COc1ccc2c(c1)C(CCC(=O)O)CN2S(=O)(=O)c1ccc(OCc2ccncc2)cc1. The molecule has 9 heteroatoms. The average Bonchev–Trinajstić information content (AvgIpc) is 3.21. The van der Waals surface area contributed by atoms with Crippen LogP contribution >= 0.6 is 0 Å². The third-order valence-corrected chi connectivity index (χ3v) is 7.40. The molecule has 2 heterocycles. The zero-order valence-corrected chi connectivity index (χ0v) is 18.9. The Hall–Kier alpha value is -3.59. The molecule has 0 radical (unpaired) electrons. The Morgan fingerprint density at radius 3 is 2.45 bits per heavy atom. The molecule has 0 aliphatic carbocycles. The van der Waals surface area contributed by atoms with E-state index in [1.54, 1.807) is 42.7 Å². The minimum atomic E-state index is -3.85. The van der Waals surface area contributed by atoms with E-state index in [1.165, 1.54) is 23.5 Å². The molecule has 3 aromatic rings. The second kappa shape index (κ2) is 9.50. The Balaban J connectivity index is 1.55. The highest BCUT2D eigenvalue weighted by Crippen LogP contribution is 2.43. The summed E-state index contributed by atoms with van der Waals surface area (Å²) in [6.07, 6.45) is 3.66. The number of ether oxygens (including phenoxy) is 2. The highest BCUT2D eigenvalue weighted by molar-refractivity contribution is 7.92. The van der Waals surface area contributed by atoms with Crippen LogP contribution < -0.4 is 13.8 Å². The molecule has 33 heavy (non-hydrogen) atoms. The quantitative estimate of drug-likeness (QED) is 0.509. The van der Waals surface area contributed by atoms with E-state index in [0.717, 1.165) is 11.1 Å². The van der Waals surface area contributed by atoms with E-state index in [1.807, 2.05) is 12.1 Å². The van der Waals surface area contributed by atoms with Gasteiger partial charge in [0.25, 0.3) is 10.0 Å². The van der Waals surface area contributed by atoms with Crippen LogP contribution in [-0.4, -0.2) is 38.1 Å². The summed E-state index contributed by atoms with van der Waals surface area (Å²) in [6, 6.07) is 15.2. The standard InChI is InChI=1S/C24H24N2O6S/c1-31-20-5-8-23-22(14-20)18(2-9-24(27)28)15-26(23)33(29,30)21-6-3-19(4-7-21)32-16-17-10-12-25-13-11-17/h3-8,10-14,18H,2,9,15-16H2,1H3,(H,27,28). The van der Waals surface area contributed by atoms with Gasteiger partial charge in [-0.15, -0.1) is 0 Å². The number of sulfonamides is 1. The van der Waals surface area contributed by atoms with Crippen molar-refractivity contribution < 1.29 is 27.8 Å². The minimum absolute atomic E-state index is 0.0429. The largest absolute Gasteiger partial charge is 0.497 e. The predicted octanol–water partition coefficient (Wildman–Crippen LogP) is 3.83. The number of aromatic nitrogens is 1. The fourth-order valence-corrected chi connectivity index (χ4v) is 5.40. The van der Waals surface area contributed by atoms with Crippen molar-refractivity contribution in [2.75, 3.05) is 18.0 Å². The van der Waals surface area contributed by atoms with E-state index >= 15 is 0 Å². The van der Waals surface area contributed by atoms with Gasteiger partial charge in [0.15, 0.2) is 0 Å². The maximum absolute atomic E-state index is 13.5. The van der Waals surface area contributed by atoms with Crippen LogP contribution in [0.15, 0.2) is 71.9 Å². The van der Waals surface area contributed by atoms with Gasteiger partial charge < -0.3 is 14.6 Å². The summed E-state index contributed by atoms with van der Waals surface area (Å²) in [6.45, 7) is 0.527. The van der Waals surface area contributed by atoms with Crippen molar-refractivity contribution in [1.29, 1.82) is 0 Å². The van der Waals surface area contributed by atoms with Crippen LogP contribution in [0.25, 0.3) is 0 Å². The van der Waals surface area contributed by atoms with Crippen molar-refractivity contribution in [2.24, 2.45) is 0 Å². The highest BCUT2D eigenvalue weighted by Gasteiger charge is 2.37. The minimum Gasteiger partial charge on any atom is -0.497 e. The fraction of sp³-hybridized carbons (Fsp3) is 0.250. The molecule has 4 rings (SSSR count). The number of carboxylic acid groups (broad SMARTS) is 1. The summed E-state index contributed by atoms with van der Waals surface area (Å²) < 4.78 is 39.3. The van der Waals surface area contributed by atoms with Crippen molar-refractivity contribution in [3.05, 3.63) is 78.1 Å². The van der Waals surface area contributed by atoms with E-state index in [2.05, 4.69) is 4.98 Å². The third-order valence-electron chi connectivity index (χ3n) is 5.60. The lowest BCUT2D eigenvalue weighted by Crippen LogP contribution is -2.30. The zero-order chi connectivity index (χ0) is 23.4. The Bertz CT molecular complexity index is 1230. The summed E-state index contributed by atoms with van der Waals surface area (Å²) in [5, 5.41) is 9.10. The van der Waals surface area contributed by atoms with Crippen molar-refractivity contribution in [3.63, 3.8) is 0 Å². The van der Waals surface area contributed by atoms with E-state index < -0.39 is 16.0 Å². The van der Waals surface area contributed by atoms with Gasteiger partial charge in [-0.3, -0.25) is 14.1 Å². The molecule has 1 unspecified atom stereocenters. The van der Waals surface area contributed by atoms with E-state index in [9.17, 15) is 13.2 Å². The second-order valence-electron chi connectivity index (χ2n) is 7.71. The molecular formula is C24H24N2O6S. The lowest BCUT2D eigenvalue weighted by Gasteiger charge is -2.20. The molecule has 1 N–H and O–H groups in total. The molecule has 172 valence electrons. The van der Waals surface area contributed by atoms with Crippen LogP contribution in [0.5, 0.6) is 11.5 Å². The van der Waals surface area contributed by atoms with Gasteiger partial charge in [-0.2, -0.15) is 0 Å². The number of pyridine rings is 1. The molecule has 0 fully saturated rings. The molecule has 0 saturated carbocycles. The lowest BCUT2D eigenvalue weighted by molar-refractivity contribution is -0.137. The van der Waals surface area contributed by atoms with Gasteiger partial charge in [-0.1, -0.05) is 0 Å². The highest BCUT2D eigenvalue weighted by atomic mass is 32.2. The number of nitrogens with zero attached hydrogens (tertiary/aromatic N) is 2. The van der Waals surface area contributed by atoms with Gasteiger partial charge in [0.2, 0.25) is 0 Å². The molecule has 1 aliphatic rings. The first-order valence-electron chi connectivity index (χ1n) is 10.4. The van der Waals surface area contributed by atoms with E-state index in [4.69, 9.17) is 14.6 Å². The van der Waals surface area contributed by atoms with Gasteiger partial charge in [0.1, 0.15) is 18.1 Å². The molecule has 1 aliphatic heterocycles. The number of methoxy groups -OCH3 is 1. The maximum Gasteiger partial charge on any atom is 0.303 e. The summed E-state index contributed by atoms with van der Waals surface area (Å²) in [4.78, 5) is 15.2. The molecule has 8 nitrogen and oxygen atoms in total. The van der Waals surface area contributed by atoms with E-state index in [0.29, 0.717) is 30.2 Å². The Morgan fingerprint density at radius 2 is 1.79 bits per heavy atom. The van der Waals surface area contributed by atoms with Crippen LogP contribution in [0, 0.1) is 0 Å². The predicted molar refractivity (Wildman–Crippen MR) is 122 cm³/mol. The Kier molecular flexibility index (Phi) is 6.50. The first-order valence-corrected chi connectivity index (χ1v) is 11.9. The number of aliphatic carboxylic acids is 1. The maximum atomic E-state index is 13.5. The normalized spacial score (nSPS) is 15.2. The first kappa shape index (κ1) is 22.6. The number of carboxylic acids is 1. The Labute approximate surface area is 192 Å². The van der Waals surface area contributed by atoms with Crippen LogP contribution in [0.3, 0.4) is 0 Å². The summed E-state index contributed by atoms with van der Waals surface area (Å²) in [5.41, 5.74) is 2.28. The monoisotopic (exact) mass is 468 g/mol. The average molecular weight is 469 g/mol. The second-order valence-corrected chi connectivity index (χ2v) is 9.57. The zero-order valence-electron chi connectivity index (χ0n) is 18.0. The number of fused-ring (bicyclic) bond motifs is 1. The topological polar surface area (TPSA) is 106 Å². The van der Waals surface area contributed by atoms with Crippen LogP contribution in [0.4, 0.5) is 5.69 Å². The van der Waals surface area contributed by atoms with E-state index in [-0.39, 0.29) is 23.8 Å². The number of hydrogen-bond acceptors (Lipinski definition) is 6. The number of rotatable bonds is 9. The van der Waals surface area contributed by atoms with Gasteiger partial charge in [0, 0.05) is 31.3 Å². The summed E-state index contributed by atoms with van der Waals surface area (Å²) >= 11 is 0. The molecule has 2 aromatic carbocycles. The first-order chi connectivity index (χ1) is 15.9. The number of hydrogen-bond donors (Lipinski definition) is 1. The molecule has 0 spiro atoms. The molecule has 0 saturated heterocycles. The van der Waals surface area contributed by atoms with Crippen molar-refractivity contribution in [1.82, 2.24) is 4.98 Å². The molecule has 0 amide bonds.